The fourth-order valence-corrected chi connectivity index (χ4v) is 1.53. The van der Waals surface area contributed by atoms with Crippen LogP contribution in [0.2, 0.25) is 0 Å². The third kappa shape index (κ3) is 2.99. The van der Waals surface area contributed by atoms with E-state index in [2.05, 4.69) is 4.98 Å². The molecule has 0 saturated carbocycles. The molecule has 18 heavy (non-hydrogen) atoms. The molecule has 4 heteroatoms. The molecular formula is C14H15NO3. The lowest BCUT2D eigenvalue weighted by molar-refractivity contribution is 0.275. The first-order valence-corrected chi connectivity index (χ1v) is 5.80. The quantitative estimate of drug-likeness (QED) is 0.880. The van der Waals surface area contributed by atoms with Crippen molar-refractivity contribution in [1.29, 1.82) is 0 Å². The lowest BCUT2D eigenvalue weighted by Crippen LogP contribution is -1.97. The Labute approximate surface area is 106 Å². The van der Waals surface area contributed by atoms with Gasteiger partial charge in [0.05, 0.1) is 13.2 Å². The maximum Gasteiger partial charge on any atom is 0.222 e. The maximum atomic E-state index is 9.21. The zero-order valence-electron chi connectivity index (χ0n) is 10.2. The summed E-state index contributed by atoms with van der Waals surface area (Å²) in [5.74, 6) is 1.57. The van der Waals surface area contributed by atoms with E-state index in [4.69, 9.17) is 9.47 Å². The molecule has 0 amide bonds. The molecule has 4 nitrogen and oxygen atoms in total. The standard InChI is InChI=1S/C14H15NO3/c1-2-17-13-8-5-9-14(15-13)18-12-7-4-3-6-11(12)10-16/h3-9,16H,2,10H2,1H3. The summed E-state index contributed by atoms with van der Waals surface area (Å²) in [4.78, 5) is 4.21. The molecule has 0 unspecified atom stereocenters. The van der Waals surface area contributed by atoms with Crippen molar-refractivity contribution in [3.8, 4) is 17.5 Å². The molecule has 0 aliphatic carbocycles. The second-order valence-electron chi connectivity index (χ2n) is 3.61. The zero-order valence-corrected chi connectivity index (χ0v) is 10.2. The number of pyridine rings is 1. The van der Waals surface area contributed by atoms with Gasteiger partial charge in [-0.05, 0) is 13.0 Å². The summed E-state index contributed by atoms with van der Waals surface area (Å²) in [6.45, 7) is 2.39. The average molecular weight is 245 g/mol. The molecular weight excluding hydrogens is 230 g/mol. The second-order valence-corrected chi connectivity index (χ2v) is 3.61. The molecule has 0 fully saturated rings. The van der Waals surface area contributed by atoms with Crippen LogP contribution in [0.1, 0.15) is 12.5 Å². The number of rotatable bonds is 5. The van der Waals surface area contributed by atoms with Crippen LogP contribution in [0.25, 0.3) is 0 Å². The highest BCUT2D eigenvalue weighted by atomic mass is 16.5. The van der Waals surface area contributed by atoms with Crippen molar-refractivity contribution in [2.75, 3.05) is 6.61 Å². The number of nitrogens with zero attached hydrogens (tertiary/aromatic N) is 1. The van der Waals surface area contributed by atoms with Crippen molar-refractivity contribution in [2.45, 2.75) is 13.5 Å². The van der Waals surface area contributed by atoms with Crippen LogP contribution in [0.15, 0.2) is 42.5 Å². The minimum Gasteiger partial charge on any atom is -0.478 e. The van der Waals surface area contributed by atoms with Crippen LogP contribution in [-0.4, -0.2) is 16.7 Å². The molecule has 0 spiro atoms. The Morgan fingerprint density at radius 2 is 1.83 bits per heavy atom. The lowest BCUT2D eigenvalue weighted by Gasteiger charge is -2.09. The molecule has 0 atom stereocenters. The molecule has 2 aromatic rings. The zero-order chi connectivity index (χ0) is 12.8. The van der Waals surface area contributed by atoms with Gasteiger partial charge in [0.25, 0.3) is 0 Å². The number of para-hydroxylation sites is 1. The van der Waals surface area contributed by atoms with E-state index in [1.165, 1.54) is 0 Å². The van der Waals surface area contributed by atoms with E-state index in [0.717, 1.165) is 5.56 Å². The highest BCUT2D eigenvalue weighted by Crippen LogP contribution is 2.25. The van der Waals surface area contributed by atoms with Crippen LogP contribution in [0.5, 0.6) is 17.5 Å². The topological polar surface area (TPSA) is 51.6 Å². The molecule has 0 aliphatic rings. The van der Waals surface area contributed by atoms with Crippen molar-refractivity contribution in [3.05, 3.63) is 48.0 Å². The normalized spacial score (nSPS) is 10.1. The first kappa shape index (κ1) is 12.4. The van der Waals surface area contributed by atoms with E-state index < -0.39 is 0 Å². The largest absolute Gasteiger partial charge is 0.478 e. The van der Waals surface area contributed by atoms with Crippen molar-refractivity contribution in [2.24, 2.45) is 0 Å². The van der Waals surface area contributed by atoms with Gasteiger partial charge >= 0.3 is 0 Å². The Morgan fingerprint density at radius 1 is 1.06 bits per heavy atom. The van der Waals surface area contributed by atoms with E-state index in [-0.39, 0.29) is 6.61 Å². The molecule has 0 bridgehead atoms. The van der Waals surface area contributed by atoms with Gasteiger partial charge in [-0.1, -0.05) is 24.3 Å². The summed E-state index contributed by atoms with van der Waals surface area (Å²) in [5.41, 5.74) is 0.723. The molecule has 0 aliphatic heterocycles. The number of ether oxygens (including phenoxy) is 2. The predicted octanol–water partition coefficient (Wildman–Crippen LogP) is 2.76. The molecule has 1 N–H and O–H groups in total. The smallest absolute Gasteiger partial charge is 0.222 e. The highest BCUT2D eigenvalue weighted by Gasteiger charge is 2.05. The summed E-state index contributed by atoms with van der Waals surface area (Å²) in [5, 5.41) is 9.21. The number of aliphatic hydroxyl groups excluding tert-OH is 1. The van der Waals surface area contributed by atoms with Crippen LogP contribution in [0, 0.1) is 0 Å². The molecule has 0 saturated heterocycles. The van der Waals surface area contributed by atoms with Gasteiger partial charge in [0.2, 0.25) is 11.8 Å². The second kappa shape index (κ2) is 6.02. The molecule has 94 valence electrons. The highest BCUT2D eigenvalue weighted by molar-refractivity contribution is 5.36. The number of aliphatic hydroxyl groups is 1. The number of hydrogen-bond donors (Lipinski definition) is 1. The lowest BCUT2D eigenvalue weighted by atomic mass is 10.2. The SMILES string of the molecule is CCOc1cccc(Oc2ccccc2CO)n1. The Balaban J connectivity index is 2.20. The van der Waals surface area contributed by atoms with E-state index in [1.54, 1.807) is 18.2 Å². The summed E-state index contributed by atoms with van der Waals surface area (Å²) in [6, 6.07) is 12.6. The summed E-state index contributed by atoms with van der Waals surface area (Å²) in [7, 11) is 0. The van der Waals surface area contributed by atoms with Crippen LogP contribution >= 0.6 is 0 Å². The minimum absolute atomic E-state index is 0.0681. The van der Waals surface area contributed by atoms with Gasteiger partial charge in [0.1, 0.15) is 5.75 Å². The van der Waals surface area contributed by atoms with Crippen molar-refractivity contribution >= 4 is 0 Å². The van der Waals surface area contributed by atoms with Crippen molar-refractivity contribution < 1.29 is 14.6 Å². The van der Waals surface area contributed by atoms with Gasteiger partial charge in [-0.3, -0.25) is 0 Å². The first-order chi connectivity index (χ1) is 8.83. The summed E-state index contributed by atoms with van der Waals surface area (Å²) in [6.07, 6.45) is 0. The van der Waals surface area contributed by atoms with E-state index in [0.29, 0.717) is 24.1 Å². The van der Waals surface area contributed by atoms with Gasteiger partial charge in [-0.15, -0.1) is 0 Å². The third-order valence-corrected chi connectivity index (χ3v) is 2.35. The summed E-state index contributed by atoms with van der Waals surface area (Å²) < 4.78 is 10.9. The van der Waals surface area contributed by atoms with Crippen LogP contribution in [0.3, 0.4) is 0 Å². The van der Waals surface area contributed by atoms with Crippen molar-refractivity contribution in [1.82, 2.24) is 4.98 Å². The molecule has 0 radical (unpaired) electrons. The molecule has 1 aromatic carbocycles. The maximum absolute atomic E-state index is 9.21. The van der Waals surface area contributed by atoms with Gasteiger partial charge in [-0.25, -0.2) is 0 Å². The van der Waals surface area contributed by atoms with E-state index in [9.17, 15) is 5.11 Å². The fourth-order valence-electron chi connectivity index (χ4n) is 1.53. The third-order valence-electron chi connectivity index (χ3n) is 2.35. The minimum atomic E-state index is -0.0681. The van der Waals surface area contributed by atoms with Gasteiger partial charge < -0.3 is 14.6 Å². The van der Waals surface area contributed by atoms with Crippen molar-refractivity contribution in [3.63, 3.8) is 0 Å². The van der Waals surface area contributed by atoms with Gasteiger partial charge in [0.15, 0.2) is 0 Å². The average Bonchev–Trinajstić information content (AvgIpc) is 2.40. The first-order valence-electron chi connectivity index (χ1n) is 5.80. The van der Waals surface area contributed by atoms with Crippen LogP contribution < -0.4 is 9.47 Å². The molecule has 2 rings (SSSR count). The predicted molar refractivity (Wildman–Crippen MR) is 67.8 cm³/mol. The molecule has 1 heterocycles. The fraction of sp³-hybridized carbons (Fsp3) is 0.214. The van der Waals surface area contributed by atoms with Gasteiger partial charge in [0, 0.05) is 17.7 Å². The van der Waals surface area contributed by atoms with E-state index in [1.807, 2.05) is 31.2 Å². The Bertz CT molecular complexity index is 514. The van der Waals surface area contributed by atoms with Crippen LogP contribution in [-0.2, 0) is 6.61 Å². The Kier molecular flexibility index (Phi) is 4.15. The number of aromatic nitrogens is 1. The van der Waals surface area contributed by atoms with E-state index >= 15 is 0 Å². The van der Waals surface area contributed by atoms with Gasteiger partial charge in [-0.2, -0.15) is 4.98 Å². The monoisotopic (exact) mass is 245 g/mol. The van der Waals surface area contributed by atoms with Crippen LogP contribution in [0.4, 0.5) is 0 Å². The Hall–Kier alpha value is -2.07. The summed E-state index contributed by atoms with van der Waals surface area (Å²) >= 11 is 0. The molecule has 1 aromatic heterocycles. The number of hydrogen-bond acceptors (Lipinski definition) is 4. The Morgan fingerprint density at radius 3 is 2.61 bits per heavy atom. The number of benzene rings is 1.